The van der Waals surface area contributed by atoms with Gasteiger partial charge in [-0.3, -0.25) is 0 Å². The Bertz CT molecular complexity index is 369. The molecule has 0 aliphatic rings. The predicted octanol–water partition coefficient (Wildman–Crippen LogP) is 2.47. The molecule has 1 rings (SSSR count). The summed E-state index contributed by atoms with van der Waals surface area (Å²) in [6.07, 6.45) is -0.00544. The van der Waals surface area contributed by atoms with Crippen molar-refractivity contribution in [1.82, 2.24) is 5.32 Å². The first-order valence-electron chi connectivity index (χ1n) is 6.38. The van der Waals surface area contributed by atoms with Gasteiger partial charge in [0.2, 0.25) is 0 Å². The zero-order valence-corrected chi connectivity index (χ0v) is 11.2. The molecule has 0 spiro atoms. The molecule has 18 heavy (non-hydrogen) atoms. The van der Waals surface area contributed by atoms with Gasteiger partial charge in [0.05, 0.1) is 6.10 Å². The third-order valence-corrected chi connectivity index (χ3v) is 2.74. The summed E-state index contributed by atoms with van der Waals surface area (Å²) in [5.41, 5.74) is 0.887. The Morgan fingerprint density at radius 1 is 1.39 bits per heavy atom. The Kier molecular flexibility index (Phi) is 6.09. The first-order valence-corrected chi connectivity index (χ1v) is 6.38. The SMILES string of the molecule is CCCNCc1ccc(OC(C)C(C)O)c(F)c1. The summed E-state index contributed by atoms with van der Waals surface area (Å²) in [6.45, 7) is 6.98. The van der Waals surface area contributed by atoms with Gasteiger partial charge in [0.1, 0.15) is 6.10 Å². The van der Waals surface area contributed by atoms with Crippen molar-refractivity contribution in [2.45, 2.75) is 45.9 Å². The van der Waals surface area contributed by atoms with Gasteiger partial charge in [-0.1, -0.05) is 13.0 Å². The molecular weight excluding hydrogens is 233 g/mol. The standard InChI is InChI=1S/C14H22FNO2/c1-4-7-16-9-12-5-6-14(13(15)8-12)18-11(3)10(2)17/h5-6,8,10-11,16-17H,4,7,9H2,1-3H3. The maximum Gasteiger partial charge on any atom is 0.165 e. The molecular formula is C14H22FNO2. The average molecular weight is 255 g/mol. The van der Waals surface area contributed by atoms with Crippen LogP contribution in [0.5, 0.6) is 5.75 Å². The van der Waals surface area contributed by atoms with Crippen LogP contribution in [0.1, 0.15) is 32.8 Å². The third-order valence-electron chi connectivity index (χ3n) is 2.74. The first-order chi connectivity index (χ1) is 8.54. The van der Waals surface area contributed by atoms with Crippen LogP contribution in [0.2, 0.25) is 0 Å². The van der Waals surface area contributed by atoms with Gasteiger partial charge in [-0.2, -0.15) is 0 Å². The molecule has 4 heteroatoms. The molecule has 3 nitrogen and oxygen atoms in total. The predicted molar refractivity (Wildman–Crippen MR) is 70.2 cm³/mol. The quantitative estimate of drug-likeness (QED) is 0.735. The van der Waals surface area contributed by atoms with E-state index in [1.54, 1.807) is 19.9 Å². The second-order valence-electron chi connectivity index (χ2n) is 4.51. The molecule has 0 aromatic heterocycles. The maximum absolute atomic E-state index is 13.7. The van der Waals surface area contributed by atoms with Crippen molar-refractivity contribution in [3.63, 3.8) is 0 Å². The van der Waals surface area contributed by atoms with Crippen molar-refractivity contribution >= 4 is 0 Å². The Morgan fingerprint density at radius 2 is 2.11 bits per heavy atom. The van der Waals surface area contributed by atoms with Crippen molar-refractivity contribution in [1.29, 1.82) is 0 Å². The molecule has 0 amide bonds. The molecule has 0 saturated heterocycles. The smallest absolute Gasteiger partial charge is 0.165 e. The highest BCUT2D eigenvalue weighted by Crippen LogP contribution is 2.20. The maximum atomic E-state index is 13.7. The molecule has 0 saturated carbocycles. The second kappa shape index (κ2) is 7.34. The van der Waals surface area contributed by atoms with Gasteiger partial charge in [-0.05, 0) is 44.5 Å². The summed E-state index contributed by atoms with van der Waals surface area (Å²) in [5, 5.41) is 12.5. The van der Waals surface area contributed by atoms with E-state index >= 15 is 0 Å². The number of nitrogens with one attached hydrogen (secondary N) is 1. The summed E-state index contributed by atoms with van der Waals surface area (Å²) in [5.74, 6) is -0.207. The molecule has 0 radical (unpaired) electrons. The number of aliphatic hydroxyl groups excluding tert-OH is 1. The van der Waals surface area contributed by atoms with E-state index < -0.39 is 18.0 Å². The van der Waals surface area contributed by atoms with Gasteiger partial charge in [-0.25, -0.2) is 4.39 Å². The summed E-state index contributed by atoms with van der Waals surface area (Å²) in [6, 6.07) is 4.90. The molecule has 102 valence electrons. The van der Waals surface area contributed by atoms with E-state index in [9.17, 15) is 9.50 Å². The lowest BCUT2D eigenvalue weighted by molar-refractivity contribution is 0.0579. The first kappa shape index (κ1) is 14.9. The lowest BCUT2D eigenvalue weighted by atomic mass is 10.2. The Morgan fingerprint density at radius 3 is 2.67 bits per heavy atom. The Balaban J connectivity index is 2.62. The monoisotopic (exact) mass is 255 g/mol. The van der Waals surface area contributed by atoms with Crippen LogP contribution < -0.4 is 10.1 Å². The number of benzene rings is 1. The molecule has 0 bridgehead atoms. The van der Waals surface area contributed by atoms with Crippen LogP contribution in [-0.4, -0.2) is 23.9 Å². The number of hydrogen-bond donors (Lipinski definition) is 2. The molecule has 0 fully saturated rings. The molecule has 0 aliphatic carbocycles. The minimum atomic E-state index is -0.629. The lowest BCUT2D eigenvalue weighted by Gasteiger charge is -2.18. The second-order valence-corrected chi connectivity index (χ2v) is 4.51. The van der Waals surface area contributed by atoms with Crippen LogP contribution in [0.25, 0.3) is 0 Å². The highest BCUT2D eigenvalue weighted by atomic mass is 19.1. The zero-order chi connectivity index (χ0) is 13.5. The Hall–Kier alpha value is -1.13. The van der Waals surface area contributed by atoms with Crippen LogP contribution in [0.15, 0.2) is 18.2 Å². The van der Waals surface area contributed by atoms with Gasteiger partial charge in [-0.15, -0.1) is 0 Å². The van der Waals surface area contributed by atoms with Gasteiger partial charge in [0.25, 0.3) is 0 Å². The highest BCUT2D eigenvalue weighted by molar-refractivity contribution is 5.29. The van der Waals surface area contributed by atoms with Gasteiger partial charge in [0, 0.05) is 6.54 Å². The van der Waals surface area contributed by atoms with Crippen LogP contribution >= 0.6 is 0 Å². The minimum absolute atomic E-state index is 0.183. The molecule has 2 unspecified atom stereocenters. The van der Waals surface area contributed by atoms with Crippen molar-refractivity contribution in [3.05, 3.63) is 29.6 Å². The lowest BCUT2D eigenvalue weighted by Crippen LogP contribution is -2.26. The fourth-order valence-electron chi connectivity index (χ4n) is 1.46. The van der Waals surface area contributed by atoms with Crippen LogP contribution in [0, 0.1) is 5.82 Å². The molecule has 2 atom stereocenters. The van der Waals surface area contributed by atoms with E-state index in [2.05, 4.69) is 12.2 Å². The number of rotatable bonds is 7. The topological polar surface area (TPSA) is 41.5 Å². The summed E-state index contributed by atoms with van der Waals surface area (Å²) >= 11 is 0. The third kappa shape index (κ3) is 4.63. The van der Waals surface area contributed by atoms with Crippen LogP contribution in [-0.2, 0) is 6.54 Å². The van der Waals surface area contributed by atoms with Crippen molar-refractivity contribution in [2.24, 2.45) is 0 Å². The van der Waals surface area contributed by atoms with E-state index in [-0.39, 0.29) is 5.75 Å². The molecule has 0 aliphatic heterocycles. The molecule has 2 N–H and O–H groups in total. The number of hydrogen-bond acceptors (Lipinski definition) is 3. The van der Waals surface area contributed by atoms with Crippen LogP contribution in [0.3, 0.4) is 0 Å². The summed E-state index contributed by atoms with van der Waals surface area (Å²) in [7, 11) is 0. The van der Waals surface area contributed by atoms with Crippen LogP contribution in [0.4, 0.5) is 4.39 Å². The average Bonchev–Trinajstić information content (AvgIpc) is 2.32. The van der Waals surface area contributed by atoms with Crippen molar-refractivity contribution < 1.29 is 14.2 Å². The minimum Gasteiger partial charge on any atom is -0.485 e. The summed E-state index contributed by atoms with van der Waals surface area (Å²) in [4.78, 5) is 0. The van der Waals surface area contributed by atoms with Gasteiger partial charge < -0.3 is 15.2 Å². The van der Waals surface area contributed by atoms with E-state index in [4.69, 9.17) is 4.74 Å². The van der Waals surface area contributed by atoms with Crippen molar-refractivity contribution in [3.8, 4) is 5.75 Å². The summed E-state index contributed by atoms with van der Waals surface area (Å²) < 4.78 is 19.1. The van der Waals surface area contributed by atoms with E-state index in [0.29, 0.717) is 6.54 Å². The zero-order valence-electron chi connectivity index (χ0n) is 11.2. The van der Waals surface area contributed by atoms with Gasteiger partial charge >= 0.3 is 0 Å². The number of ether oxygens (including phenoxy) is 1. The largest absolute Gasteiger partial charge is 0.485 e. The fourth-order valence-corrected chi connectivity index (χ4v) is 1.46. The van der Waals surface area contributed by atoms with Crippen molar-refractivity contribution in [2.75, 3.05) is 6.54 Å². The molecule has 1 aromatic carbocycles. The fraction of sp³-hybridized carbons (Fsp3) is 0.571. The Labute approximate surface area is 108 Å². The molecule has 0 heterocycles. The van der Waals surface area contributed by atoms with Gasteiger partial charge in [0.15, 0.2) is 11.6 Å². The molecule has 1 aromatic rings. The van der Waals surface area contributed by atoms with E-state index in [0.717, 1.165) is 18.5 Å². The normalized spacial score (nSPS) is 14.3. The number of halogens is 1. The van der Waals surface area contributed by atoms with E-state index in [1.165, 1.54) is 6.07 Å². The van der Waals surface area contributed by atoms with E-state index in [1.807, 2.05) is 6.07 Å². The number of aliphatic hydroxyl groups is 1. The highest BCUT2D eigenvalue weighted by Gasteiger charge is 2.13.